The molecule has 2 aromatic rings. The lowest BCUT2D eigenvalue weighted by Crippen LogP contribution is -2.47. The number of aryl methyl sites for hydroxylation is 1. The first-order valence-electron chi connectivity index (χ1n) is 13.2. The molecule has 1 unspecified atom stereocenters. The molecule has 0 radical (unpaired) electrons. The minimum Gasteiger partial charge on any atom is -0.351 e. The highest BCUT2D eigenvalue weighted by Crippen LogP contribution is 2.32. The molecule has 1 heterocycles. The van der Waals surface area contributed by atoms with Crippen LogP contribution in [0, 0.1) is 12.7 Å². The Morgan fingerprint density at radius 3 is 2.46 bits per heavy atom. The van der Waals surface area contributed by atoms with Crippen LogP contribution in [-0.2, 0) is 19.6 Å². The molecule has 0 aromatic heterocycles. The van der Waals surface area contributed by atoms with E-state index in [4.69, 9.17) is 0 Å². The monoisotopic (exact) mass is 529 g/mol. The predicted octanol–water partition coefficient (Wildman–Crippen LogP) is 4.47. The number of carbonyl (C=O) groups is 2. The van der Waals surface area contributed by atoms with Crippen LogP contribution >= 0.6 is 0 Å². The second kappa shape index (κ2) is 12.2. The number of hydrogen-bond acceptors (Lipinski definition) is 4. The number of unbranched alkanes of at least 4 members (excludes halogenated alkanes) is 1. The lowest BCUT2D eigenvalue weighted by molar-refractivity contribution is -0.127. The number of benzene rings is 2. The van der Waals surface area contributed by atoms with Gasteiger partial charge in [0.05, 0.1) is 5.75 Å². The first-order chi connectivity index (χ1) is 17.8. The molecular weight excluding hydrogens is 493 g/mol. The zero-order valence-electron chi connectivity index (χ0n) is 21.4. The fourth-order valence-corrected chi connectivity index (χ4v) is 6.48. The van der Waals surface area contributed by atoms with Crippen molar-refractivity contribution in [1.29, 1.82) is 0 Å². The van der Waals surface area contributed by atoms with E-state index in [0.717, 1.165) is 37.7 Å². The molecule has 1 atom stereocenters. The normalized spacial score (nSPS) is 17.2. The number of amides is 2. The molecule has 2 fully saturated rings. The molecule has 7 nitrogen and oxygen atoms in total. The number of hydrogen-bond donors (Lipinski definition) is 1. The molecule has 0 spiro atoms. The molecule has 1 aliphatic heterocycles. The molecule has 2 aromatic carbocycles. The average Bonchev–Trinajstić information content (AvgIpc) is 3.73. The van der Waals surface area contributed by atoms with Crippen LogP contribution in [0.2, 0.25) is 0 Å². The van der Waals surface area contributed by atoms with Gasteiger partial charge in [0.1, 0.15) is 11.9 Å². The fourth-order valence-electron chi connectivity index (χ4n) is 5.01. The third kappa shape index (κ3) is 7.17. The maximum absolute atomic E-state index is 14.3. The molecule has 1 saturated heterocycles. The van der Waals surface area contributed by atoms with Gasteiger partial charge in [-0.25, -0.2) is 12.8 Å². The summed E-state index contributed by atoms with van der Waals surface area (Å²) in [5.74, 6) is -1.15. The summed E-state index contributed by atoms with van der Waals surface area (Å²) in [4.78, 5) is 28.9. The van der Waals surface area contributed by atoms with Gasteiger partial charge in [-0.2, -0.15) is 4.31 Å². The van der Waals surface area contributed by atoms with Gasteiger partial charge in [0, 0.05) is 31.2 Å². The standard InChI is InChI=1S/C28H36FN3O4S/c1-21-10-5-6-15-25(21)27(28(34)30-23-12-3-2-4-13-23)32(24-14-9-11-22(29)20-24)26(33)16-7-8-19-37(35,36)31-17-18-31/h5-6,9-11,14-15,20,23,27H,2-4,7-8,12-13,16-19H2,1H3,(H,30,34). The highest BCUT2D eigenvalue weighted by Gasteiger charge is 2.35. The topological polar surface area (TPSA) is 86.6 Å². The third-order valence-electron chi connectivity index (χ3n) is 7.14. The fraction of sp³-hybridized carbons (Fsp3) is 0.500. The first-order valence-corrected chi connectivity index (χ1v) is 14.8. The Balaban J connectivity index is 1.61. The summed E-state index contributed by atoms with van der Waals surface area (Å²) in [5.41, 5.74) is 1.83. The maximum Gasteiger partial charge on any atom is 0.248 e. The second-order valence-corrected chi connectivity index (χ2v) is 12.1. The van der Waals surface area contributed by atoms with Crippen LogP contribution in [0.3, 0.4) is 0 Å². The highest BCUT2D eigenvalue weighted by atomic mass is 32.2. The minimum atomic E-state index is -3.26. The Labute approximate surface area is 219 Å². The number of rotatable bonds is 11. The van der Waals surface area contributed by atoms with Gasteiger partial charge in [0.25, 0.3) is 0 Å². The molecule has 1 aliphatic carbocycles. The van der Waals surface area contributed by atoms with Crippen LogP contribution in [0.4, 0.5) is 10.1 Å². The number of sulfonamides is 1. The van der Waals surface area contributed by atoms with Crippen molar-refractivity contribution in [2.24, 2.45) is 0 Å². The van der Waals surface area contributed by atoms with Gasteiger partial charge in [0.2, 0.25) is 21.8 Å². The van der Waals surface area contributed by atoms with E-state index in [1.54, 1.807) is 6.07 Å². The smallest absolute Gasteiger partial charge is 0.248 e. The summed E-state index contributed by atoms with van der Waals surface area (Å²) in [6.07, 6.45) is 5.77. The maximum atomic E-state index is 14.3. The summed E-state index contributed by atoms with van der Waals surface area (Å²) < 4.78 is 40.1. The number of anilines is 1. The van der Waals surface area contributed by atoms with E-state index in [-0.39, 0.29) is 30.0 Å². The van der Waals surface area contributed by atoms with Crippen molar-refractivity contribution in [3.63, 3.8) is 0 Å². The van der Waals surface area contributed by atoms with Gasteiger partial charge in [0.15, 0.2) is 0 Å². The number of halogens is 1. The summed E-state index contributed by atoms with van der Waals surface area (Å²) >= 11 is 0. The van der Waals surface area contributed by atoms with Crippen LogP contribution in [0.15, 0.2) is 48.5 Å². The molecule has 1 saturated carbocycles. The van der Waals surface area contributed by atoms with Crippen LogP contribution < -0.4 is 10.2 Å². The zero-order valence-corrected chi connectivity index (χ0v) is 22.2. The van der Waals surface area contributed by atoms with Gasteiger partial charge in [-0.05, 0) is 61.9 Å². The van der Waals surface area contributed by atoms with Gasteiger partial charge in [-0.1, -0.05) is 49.6 Å². The molecule has 9 heteroatoms. The van der Waals surface area contributed by atoms with Crippen molar-refractivity contribution in [2.75, 3.05) is 23.7 Å². The van der Waals surface area contributed by atoms with E-state index in [2.05, 4.69) is 5.32 Å². The molecule has 4 rings (SSSR count). The van der Waals surface area contributed by atoms with Crippen molar-refractivity contribution in [1.82, 2.24) is 9.62 Å². The molecule has 1 N–H and O–H groups in total. The van der Waals surface area contributed by atoms with E-state index in [1.165, 1.54) is 27.4 Å². The number of nitrogens with one attached hydrogen (secondary N) is 1. The Hall–Kier alpha value is -2.78. The highest BCUT2D eigenvalue weighted by molar-refractivity contribution is 7.89. The lowest BCUT2D eigenvalue weighted by Gasteiger charge is -2.34. The Morgan fingerprint density at radius 2 is 1.78 bits per heavy atom. The Kier molecular flexibility index (Phi) is 8.97. The van der Waals surface area contributed by atoms with E-state index < -0.39 is 21.9 Å². The van der Waals surface area contributed by atoms with Crippen LogP contribution in [0.1, 0.15) is 68.5 Å². The van der Waals surface area contributed by atoms with Crippen molar-refractivity contribution in [3.8, 4) is 0 Å². The van der Waals surface area contributed by atoms with Gasteiger partial charge < -0.3 is 5.32 Å². The van der Waals surface area contributed by atoms with E-state index >= 15 is 0 Å². The first kappa shape index (κ1) is 27.3. The van der Waals surface area contributed by atoms with Crippen LogP contribution in [0.25, 0.3) is 0 Å². The largest absolute Gasteiger partial charge is 0.351 e. The van der Waals surface area contributed by atoms with Gasteiger partial charge >= 0.3 is 0 Å². The van der Waals surface area contributed by atoms with Gasteiger partial charge in [-0.15, -0.1) is 0 Å². The van der Waals surface area contributed by atoms with Crippen LogP contribution in [-0.4, -0.2) is 49.4 Å². The zero-order chi connectivity index (χ0) is 26.4. The van der Waals surface area contributed by atoms with Crippen molar-refractivity contribution in [3.05, 3.63) is 65.5 Å². The SMILES string of the molecule is Cc1ccccc1C(C(=O)NC1CCCCC1)N(C(=O)CCCCS(=O)(=O)N1CC1)c1cccc(F)c1. The summed E-state index contributed by atoms with van der Waals surface area (Å²) in [5, 5.41) is 3.16. The quantitative estimate of drug-likeness (QED) is 0.344. The van der Waals surface area contributed by atoms with E-state index in [1.807, 2.05) is 31.2 Å². The third-order valence-corrected chi connectivity index (χ3v) is 9.10. The second-order valence-electron chi connectivity index (χ2n) is 10.0. The minimum absolute atomic E-state index is 0.0103. The molecule has 0 bridgehead atoms. The summed E-state index contributed by atoms with van der Waals surface area (Å²) in [7, 11) is -3.26. The van der Waals surface area contributed by atoms with Crippen LogP contribution in [0.5, 0.6) is 0 Å². The number of carbonyl (C=O) groups excluding carboxylic acids is 2. The predicted molar refractivity (Wildman–Crippen MR) is 142 cm³/mol. The Bertz CT molecular complexity index is 1210. The summed E-state index contributed by atoms with van der Waals surface area (Å²) in [6.45, 7) is 3.01. The molecule has 37 heavy (non-hydrogen) atoms. The van der Waals surface area contributed by atoms with Crippen molar-refractivity contribution in [2.45, 2.75) is 70.4 Å². The average molecular weight is 530 g/mol. The van der Waals surface area contributed by atoms with Crippen molar-refractivity contribution < 1.29 is 22.4 Å². The lowest BCUT2D eigenvalue weighted by atomic mass is 9.93. The van der Waals surface area contributed by atoms with E-state index in [0.29, 0.717) is 37.2 Å². The molecule has 2 aliphatic rings. The van der Waals surface area contributed by atoms with Crippen molar-refractivity contribution >= 4 is 27.5 Å². The Morgan fingerprint density at radius 1 is 1.05 bits per heavy atom. The number of nitrogens with zero attached hydrogens (tertiary/aromatic N) is 2. The molecular formula is C28H36FN3O4S. The van der Waals surface area contributed by atoms with Gasteiger partial charge in [-0.3, -0.25) is 14.5 Å². The van der Waals surface area contributed by atoms with E-state index in [9.17, 15) is 22.4 Å². The summed E-state index contributed by atoms with van der Waals surface area (Å²) in [6, 6.07) is 12.2. The molecule has 200 valence electrons. The molecule has 2 amide bonds.